The Labute approximate surface area is 112 Å². The Balaban J connectivity index is 2.37. The van der Waals surface area contributed by atoms with E-state index >= 15 is 0 Å². The van der Waals surface area contributed by atoms with E-state index in [1.54, 1.807) is 0 Å². The molecule has 0 spiro atoms. The Morgan fingerprint density at radius 2 is 1.94 bits per heavy atom. The van der Waals surface area contributed by atoms with Gasteiger partial charge in [-0.15, -0.1) is 0 Å². The van der Waals surface area contributed by atoms with Crippen LogP contribution in [0.1, 0.15) is 44.2 Å². The zero-order chi connectivity index (χ0) is 13.2. The quantitative estimate of drug-likeness (QED) is 0.674. The van der Waals surface area contributed by atoms with Gasteiger partial charge in [0, 0.05) is 0 Å². The van der Waals surface area contributed by atoms with Crippen LogP contribution in [0.3, 0.4) is 0 Å². The van der Waals surface area contributed by atoms with Gasteiger partial charge in [0.2, 0.25) is 0 Å². The number of hydrogen-bond acceptors (Lipinski definition) is 2. The topological polar surface area (TPSA) is 21.3 Å². The van der Waals surface area contributed by atoms with Gasteiger partial charge in [0.1, 0.15) is 5.75 Å². The van der Waals surface area contributed by atoms with Gasteiger partial charge in [-0.2, -0.15) is 0 Å². The molecule has 0 amide bonds. The first-order valence-electron chi connectivity index (χ1n) is 7.21. The van der Waals surface area contributed by atoms with Gasteiger partial charge in [-0.25, -0.2) is 0 Å². The molecule has 0 aliphatic rings. The third kappa shape index (κ3) is 5.54. The van der Waals surface area contributed by atoms with Gasteiger partial charge < -0.3 is 10.1 Å². The summed E-state index contributed by atoms with van der Waals surface area (Å²) in [5, 5.41) is 3.36. The summed E-state index contributed by atoms with van der Waals surface area (Å²) >= 11 is 0. The molecule has 0 atom stereocenters. The summed E-state index contributed by atoms with van der Waals surface area (Å²) in [6.07, 6.45) is 4.92. The fourth-order valence-electron chi connectivity index (χ4n) is 2.12. The maximum Gasteiger partial charge on any atom is 0.122 e. The van der Waals surface area contributed by atoms with E-state index in [0.717, 1.165) is 31.9 Å². The fraction of sp³-hybridized carbons (Fsp3) is 0.625. The van der Waals surface area contributed by atoms with E-state index in [-0.39, 0.29) is 0 Å². The fourth-order valence-corrected chi connectivity index (χ4v) is 2.12. The first-order valence-corrected chi connectivity index (χ1v) is 7.21. The lowest BCUT2D eigenvalue weighted by Gasteiger charge is -2.11. The Kier molecular flexibility index (Phi) is 7.51. The minimum absolute atomic E-state index is 0.747. The van der Waals surface area contributed by atoms with Crippen LogP contribution in [0.2, 0.25) is 0 Å². The average molecular weight is 249 g/mol. The van der Waals surface area contributed by atoms with Gasteiger partial charge in [-0.05, 0) is 57.8 Å². The number of rotatable bonds is 9. The van der Waals surface area contributed by atoms with Crippen molar-refractivity contribution >= 4 is 0 Å². The van der Waals surface area contributed by atoms with Crippen molar-refractivity contribution in [3.05, 3.63) is 29.3 Å². The monoisotopic (exact) mass is 249 g/mol. The lowest BCUT2D eigenvalue weighted by atomic mass is 10.0. The van der Waals surface area contributed by atoms with Crippen LogP contribution in [0.15, 0.2) is 18.2 Å². The number of aryl methyl sites for hydroxylation is 2. The molecule has 0 aliphatic heterocycles. The summed E-state index contributed by atoms with van der Waals surface area (Å²) in [7, 11) is 0. The highest BCUT2D eigenvalue weighted by Crippen LogP contribution is 2.22. The predicted octanol–water partition coefficient (Wildman–Crippen LogP) is 3.72. The van der Waals surface area contributed by atoms with Crippen LogP contribution in [0, 0.1) is 6.92 Å². The highest BCUT2D eigenvalue weighted by atomic mass is 16.5. The molecule has 1 rings (SSSR count). The summed E-state index contributed by atoms with van der Waals surface area (Å²) in [4.78, 5) is 0. The van der Waals surface area contributed by atoms with Gasteiger partial charge in [0.05, 0.1) is 6.61 Å². The van der Waals surface area contributed by atoms with E-state index < -0.39 is 0 Å². The Morgan fingerprint density at radius 3 is 2.67 bits per heavy atom. The molecule has 1 aromatic rings. The number of unbranched alkanes of at least 4 members (excludes halogenated alkanes) is 2. The molecule has 0 aromatic heterocycles. The van der Waals surface area contributed by atoms with E-state index in [1.165, 1.54) is 30.4 Å². The molecule has 18 heavy (non-hydrogen) atoms. The van der Waals surface area contributed by atoms with Crippen molar-refractivity contribution in [2.45, 2.75) is 46.5 Å². The van der Waals surface area contributed by atoms with Crippen LogP contribution in [0.5, 0.6) is 5.75 Å². The van der Waals surface area contributed by atoms with E-state index in [4.69, 9.17) is 4.74 Å². The van der Waals surface area contributed by atoms with Crippen LogP contribution < -0.4 is 10.1 Å². The van der Waals surface area contributed by atoms with E-state index in [2.05, 4.69) is 37.4 Å². The van der Waals surface area contributed by atoms with Crippen molar-refractivity contribution in [3.63, 3.8) is 0 Å². The molecule has 0 aliphatic carbocycles. The zero-order valence-electron chi connectivity index (χ0n) is 12.1. The van der Waals surface area contributed by atoms with Crippen LogP contribution in [-0.4, -0.2) is 19.7 Å². The Morgan fingerprint density at radius 1 is 1.11 bits per heavy atom. The molecule has 2 nitrogen and oxygen atoms in total. The molecule has 0 unspecified atom stereocenters. The van der Waals surface area contributed by atoms with Crippen LogP contribution >= 0.6 is 0 Å². The summed E-state index contributed by atoms with van der Waals surface area (Å²) in [5.74, 6) is 1.06. The molecular formula is C16H27NO. The van der Waals surface area contributed by atoms with Gasteiger partial charge in [0.25, 0.3) is 0 Å². The summed E-state index contributed by atoms with van der Waals surface area (Å²) in [5.41, 5.74) is 2.68. The maximum absolute atomic E-state index is 5.68. The van der Waals surface area contributed by atoms with E-state index in [1.807, 2.05) is 6.92 Å². The molecule has 0 fully saturated rings. The Bertz CT molecular complexity index is 336. The SMILES string of the molecule is CCNCCCCCc1cc(C)ccc1OCC. The molecule has 1 aromatic carbocycles. The minimum atomic E-state index is 0.747. The molecule has 1 N–H and O–H groups in total. The standard InChI is InChI=1S/C16H27NO/c1-4-17-12-8-6-7-9-15-13-14(3)10-11-16(15)18-5-2/h10-11,13,17H,4-9,12H2,1-3H3. The molecule has 2 heteroatoms. The molecule has 0 radical (unpaired) electrons. The van der Waals surface area contributed by atoms with E-state index in [9.17, 15) is 0 Å². The second kappa shape index (κ2) is 8.98. The lowest BCUT2D eigenvalue weighted by Crippen LogP contribution is -2.13. The molecular weight excluding hydrogens is 222 g/mol. The first-order chi connectivity index (χ1) is 8.77. The van der Waals surface area contributed by atoms with E-state index in [0.29, 0.717) is 0 Å². The summed E-state index contributed by atoms with van der Waals surface area (Å²) in [6, 6.07) is 6.49. The van der Waals surface area contributed by atoms with Crippen LogP contribution in [-0.2, 0) is 6.42 Å². The van der Waals surface area contributed by atoms with Crippen molar-refractivity contribution in [2.24, 2.45) is 0 Å². The van der Waals surface area contributed by atoms with Gasteiger partial charge in [-0.3, -0.25) is 0 Å². The second-order valence-corrected chi connectivity index (χ2v) is 4.71. The zero-order valence-corrected chi connectivity index (χ0v) is 12.1. The predicted molar refractivity (Wildman–Crippen MR) is 78.4 cm³/mol. The number of hydrogen-bond donors (Lipinski definition) is 1. The number of ether oxygens (including phenoxy) is 1. The molecule has 0 heterocycles. The van der Waals surface area contributed by atoms with Crippen molar-refractivity contribution in [3.8, 4) is 5.75 Å². The lowest BCUT2D eigenvalue weighted by molar-refractivity contribution is 0.336. The van der Waals surface area contributed by atoms with Gasteiger partial charge >= 0.3 is 0 Å². The van der Waals surface area contributed by atoms with Crippen molar-refractivity contribution in [2.75, 3.05) is 19.7 Å². The third-order valence-corrected chi connectivity index (χ3v) is 3.07. The molecule has 102 valence electrons. The highest BCUT2D eigenvalue weighted by molar-refractivity contribution is 5.36. The smallest absolute Gasteiger partial charge is 0.122 e. The molecule has 0 saturated heterocycles. The second-order valence-electron chi connectivity index (χ2n) is 4.71. The summed E-state index contributed by atoms with van der Waals surface area (Å²) in [6.45, 7) is 9.30. The molecule has 0 bridgehead atoms. The molecule has 0 saturated carbocycles. The van der Waals surface area contributed by atoms with Gasteiger partial charge in [-0.1, -0.05) is 31.0 Å². The largest absolute Gasteiger partial charge is 0.494 e. The number of nitrogens with one attached hydrogen (secondary N) is 1. The van der Waals surface area contributed by atoms with Crippen molar-refractivity contribution in [1.29, 1.82) is 0 Å². The third-order valence-electron chi connectivity index (χ3n) is 3.07. The normalized spacial score (nSPS) is 10.6. The van der Waals surface area contributed by atoms with Crippen molar-refractivity contribution < 1.29 is 4.74 Å². The van der Waals surface area contributed by atoms with Crippen LogP contribution in [0.25, 0.3) is 0 Å². The van der Waals surface area contributed by atoms with Crippen LogP contribution in [0.4, 0.5) is 0 Å². The average Bonchev–Trinajstić information content (AvgIpc) is 2.37. The van der Waals surface area contributed by atoms with Gasteiger partial charge in [0.15, 0.2) is 0 Å². The number of benzene rings is 1. The van der Waals surface area contributed by atoms with Crippen molar-refractivity contribution in [1.82, 2.24) is 5.32 Å². The Hall–Kier alpha value is -1.02. The minimum Gasteiger partial charge on any atom is -0.494 e. The summed E-state index contributed by atoms with van der Waals surface area (Å²) < 4.78 is 5.68. The maximum atomic E-state index is 5.68. The first kappa shape index (κ1) is 15.0. The highest BCUT2D eigenvalue weighted by Gasteiger charge is 2.03.